The van der Waals surface area contributed by atoms with Crippen LogP contribution in [0.4, 0.5) is 34.1 Å². The van der Waals surface area contributed by atoms with Gasteiger partial charge in [-0.25, -0.2) is 0 Å². The highest BCUT2D eigenvalue weighted by molar-refractivity contribution is 6.11. The quantitative estimate of drug-likeness (QED) is 0.152. The highest BCUT2D eigenvalue weighted by Crippen LogP contribution is 2.56. The van der Waals surface area contributed by atoms with E-state index in [9.17, 15) is 0 Å². The molecule has 1 aliphatic heterocycles. The van der Waals surface area contributed by atoms with Crippen LogP contribution in [0, 0.1) is 0 Å². The van der Waals surface area contributed by atoms with Crippen LogP contribution < -0.4 is 14.5 Å². The molecule has 0 fully saturated rings. The molecule has 3 nitrogen and oxygen atoms in total. The number of hydrogen-bond donors (Lipinski definition) is 0. The number of ether oxygens (including phenoxy) is 1. The van der Waals surface area contributed by atoms with Gasteiger partial charge in [0.15, 0.2) is 0 Å². The highest BCUT2D eigenvalue weighted by Gasteiger charge is 2.39. The van der Waals surface area contributed by atoms with Gasteiger partial charge < -0.3 is 14.5 Å². The van der Waals surface area contributed by atoms with Crippen molar-refractivity contribution in [3.8, 4) is 56.0 Å². The largest absolute Gasteiger partial charge is 0.456 e. The third kappa shape index (κ3) is 6.12. The number of rotatable bonds is 8. The normalized spacial score (nSPS) is 12.8. The van der Waals surface area contributed by atoms with Crippen molar-refractivity contribution in [3.05, 3.63) is 242 Å². The van der Waals surface area contributed by atoms with E-state index < -0.39 is 0 Å². The first-order valence-electron chi connectivity index (χ1n) is 22.1. The fourth-order valence-corrected chi connectivity index (χ4v) is 10.2. The van der Waals surface area contributed by atoms with E-state index in [-0.39, 0.29) is 5.41 Å². The van der Waals surface area contributed by atoms with Crippen LogP contribution in [0.3, 0.4) is 0 Å². The summed E-state index contributed by atoms with van der Waals surface area (Å²) in [5.41, 5.74) is 18.6. The molecule has 0 saturated carbocycles. The molecular formula is C61H44N2O. The van der Waals surface area contributed by atoms with Gasteiger partial charge in [-0.3, -0.25) is 0 Å². The van der Waals surface area contributed by atoms with Gasteiger partial charge in [0.1, 0.15) is 11.5 Å². The Labute approximate surface area is 374 Å². The van der Waals surface area contributed by atoms with Gasteiger partial charge >= 0.3 is 0 Å². The molecular weight excluding hydrogens is 777 g/mol. The van der Waals surface area contributed by atoms with Crippen molar-refractivity contribution in [1.82, 2.24) is 0 Å². The SMILES string of the molecule is CC1(C)c2ccccc2-c2cccc(N(c3ccc(-c4ccc(-c5ccccc5)cc4)cc3)c3ccc4c5c(cccc35)-c3cc(N(c5ccccc5)c5ccccc5)ccc3O4)c21. The number of fused-ring (bicyclic) bond motifs is 5. The van der Waals surface area contributed by atoms with E-state index in [4.69, 9.17) is 4.74 Å². The molecule has 10 aromatic carbocycles. The van der Waals surface area contributed by atoms with E-state index in [0.29, 0.717) is 0 Å². The maximum absolute atomic E-state index is 6.86. The van der Waals surface area contributed by atoms with Crippen LogP contribution in [0.15, 0.2) is 231 Å². The minimum atomic E-state index is -0.227. The Bertz CT molecular complexity index is 3320. The predicted molar refractivity (Wildman–Crippen MR) is 267 cm³/mol. The topological polar surface area (TPSA) is 15.7 Å². The van der Waals surface area contributed by atoms with Crippen LogP contribution in [0.2, 0.25) is 0 Å². The average Bonchev–Trinajstić information content (AvgIpc) is 3.60. The van der Waals surface area contributed by atoms with E-state index in [2.05, 4.69) is 254 Å². The van der Waals surface area contributed by atoms with Crippen molar-refractivity contribution < 1.29 is 4.74 Å². The van der Waals surface area contributed by atoms with Crippen LogP contribution in [-0.4, -0.2) is 0 Å². The number of para-hydroxylation sites is 2. The second-order valence-corrected chi connectivity index (χ2v) is 17.3. The van der Waals surface area contributed by atoms with Gasteiger partial charge in [0.25, 0.3) is 0 Å². The molecule has 0 aromatic heterocycles. The molecule has 1 aliphatic carbocycles. The lowest BCUT2D eigenvalue weighted by molar-refractivity contribution is 0.487. The summed E-state index contributed by atoms with van der Waals surface area (Å²) in [4.78, 5) is 4.79. The molecule has 0 saturated heterocycles. The summed E-state index contributed by atoms with van der Waals surface area (Å²) in [5, 5.41) is 2.23. The zero-order valence-electron chi connectivity index (χ0n) is 35.7. The Hall–Kier alpha value is -8.14. The zero-order chi connectivity index (χ0) is 42.8. The second-order valence-electron chi connectivity index (χ2n) is 17.3. The summed E-state index contributed by atoms with van der Waals surface area (Å²) >= 11 is 0. The smallest absolute Gasteiger partial charge is 0.136 e. The van der Waals surface area contributed by atoms with Gasteiger partial charge in [0, 0.05) is 44.5 Å². The van der Waals surface area contributed by atoms with Gasteiger partial charge in [0.2, 0.25) is 0 Å². The lowest BCUT2D eigenvalue weighted by Gasteiger charge is -2.34. The Kier molecular flexibility index (Phi) is 8.84. The third-order valence-electron chi connectivity index (χ3n) is 13.2. The van der Waals surface area contributed by atoms with Crippen LogP contribution in [0.25, 0.3) is 55.3 Å². The first kappa shape index (κ1) is 37.6. The van der Waals surface area contributed by atoms with E-state index >= 15 is 0 Å². The van der Waals surface area contributed by atoms with Crippen molar-refractivity contribution in [3.63, 3.8) is 0 Å². The maximum Gasteiger partial charge on any atom is 0.136 e. The van der Waals surface area contributed by atoms with Gasteiger partial charge in [-0.05, 0) is 123 Å². The summed E-state index contributed by atoms with van der Waals surface area (Å²) in [6.07, 6.45) is 0. The molecule has 2 aliphatic rings. The van der Waals surface area contributed by atoms with E-state index in [1.807, 2.05) is 0 Å². The minimum absolute atomic E-state index is 0.227. The molecule has 0 radical (unpaired) electrons. The summed E-state index contributed by atoms with van der Waals surface area (Å²) < 4.78 is 6.86. The molecule has 304 valence electrons. The fraction of sp³-hybridized carbons (Fsp3) is 0.0492. The minimum Gasteiger partial charge on any atom is -0.456 e. The fourth-order valence-electron chi connectivity index (χ4n) is 10.2. The monoisotopic (exact) mass is 820 g/mol. The average molecular weight is 821 g/mol. The van der Waals surface area contributed by atoms with Crippen LogP contribution in [0.1, 0.15) is 25.0 Å². The molecule has 0 bridgehead atoms. The molecule has 0 spiro atoms. The van der Waals surface area contributed by atoms with Gasteiger partial charge in [-0.2, -0.15) is 0 Å². The summed E-state index contributed by atoms with van der Waals surface area (Å²) in [5.74, 6) is 1.71. The molecule has 0 N–H and O–H groups in total. The zero-order valence-corrected chi connectivity index (χ0v) is 35.7. The molecule has 1 heterocycles. The standard InChI is InChI=1S/C61H44N2O/c1-61(2)54-26-13-12-22-49(54)51-24-15-27-56(60(51)61)63(47-34-32-44(33-35-47)43-30-28-42(29-31-43)41-16-6-3-7-17-41)55-37-39-58-59-50(23-14-25-52(55)59)53-40-48(36-38-57(53)64-58)62(45-18-8-4-9-19-45)46-20-10-5-11-21-46/h3-40H,1-2H3. The number of hydrogen-bond acceptors (Lipinski definition) is 3. The Morgan fingerprint density at radius 3 is 1.55 bits per heavy atom. The summed E-state index contributed by atoms with van der Waals surface area (Å²) in [6, 6.07) is 83.1. The van der Waals surface area contributed by atoms with Crippen molar-refractivity contribution in [2.45, 2.75) is 19.3 Å². The highest BCUT2D eigenvalue weighted by atomic mass is 16.5. The predicted octanol–water partition coefficient (Wildman–Crippen LogP) is 17.2. The van der Waals surface area contributed by atoms with Gasteiger partial charge in [-0.15, -0.1) is 0 Å². The third-order valence-corrected chi connectivity index (χ3v) is 13.2. The van der Waals surface area contributed by atoms with Gasteiger partial charge in [-0.1, -0.05) is 172 Å². The van der Waals surface area contributed by atoms with Gasteiger partial charge in [0.05, 0.1) is 11.4 Å². The first-order chi connectivity index (χ1) is 31.5. The lowest BCUT2D eigenvalue weighted by atomic mass is 9.81. The van der Waals surface area contributed by atoms with Crippen molar-refractivity contribution >= 4 is 44.9 Å². The Balaban J connectivity index is 1.02. The first-order valence-corrected chi connectivity index (χ1v) is 22.1. The molecule has 3 heteroatoms. The molecule has 10 aromatic rings. The van der Waals surface area contributed by atoms with Crippen molar-refractivity contribution in [1.29, 1.82) is 0 Å². The number of anilines is 6. The molecule has 0 amide bonds. The van der Waals surface area contributed by atoms with Crippen LogP contribution in [-0.2, 0) is 5.41 Å². The number of benzene rings is 10. The molecule has 12 rings (SSSR count). The number of nitrogens with zero attached hydrogens (tertiary/aromatic N) is 2. The van der Waals surface area contributed by atoms with Crippen LogP contribution in [0.5, 0.6) is 11.5 Å². The lowest BCUT2D eigenvalue weighted by Crippen LogP contribution is -2.21. The molecule has 0 atom stereocenters. The molecule has 64 heavy (non-hydrogen) atoms. The van der Waals surface area contributed by atoms with E-state index in [1.54, 1.807) is 0 Å². The Morgan fingerprint density at radius 2 is 0.859 bits per heavy atom. The molecule has 0 unspecified atom stereocenters. The van der Waals surface area contributed by atoms with Crippen molar-refractivity contribution in [2.75, 3.05) is 9.80 Å². The van der Waals surface area contributed by atoms with E-state index in [1.165, 1.54) is 50.2 Å². The Morgan fingerprint density at radius 1 is 0.344 bits per heavy atom. The van der Waals surface area contributed by atoms with E-state index in [0.717, 1.165) is 61.8 Å². The van der Waals surface area contributed by atoms with Crippen molar-refractivity contribution in [2.24, 2.45) is 0 Å². The maximum atomic E-state index is 6.86. The summed E-state index contributed by atoms with van der Waals surface area (Å²) in [7, 11) is 0. The summed E-state index contributed by atoms with van der Waals surface area (Å²) in [6.45, 7) is 4.74. The second kappa shape index (κ2) is 15.0. The van der Waals surface area contributed by atoms with Crippen LogP contribution >= 0.6 is 0 Å².